The van der Waals surface area contributed by atoms with E-state index < -0.39 is 29.5 Å². The molecule has 1 saturated heterocycles. The fourth-order valence-electron chi connectivity index (χ4n) is 2.09. The van der Waals surface area contributed by atoms with Crippen LogP contribution in [0.3, 0.4) is 0 Å². The van der Waals surface area contributed by atoms with Crippen molar-refractivity contribution in [2.45, 2.75) is 45.6 Å². The number of ether oxygens (including phenoxy) is 1. The van der Waals surface area contributed by atoms with Crippen LogP contribution >= 0.6 is 0 Å². The number of amides is 3. The number of nitrogens with one attached hydrogen (secondary N) is 1. The summed E-state index contributed by atoms with van der Waals surface area (Å²) in [7, 11) is 0. The first kappa shape index (κ1) is 18.4. The van der Waals surface area contributed by atoms with Gasteiger partial charge in [0.2, 0.25) is 0 Å². The Hall–Kier alpha value is -2.90. The summed E-state index contributed by atoms with van der Waals surface area (Å²) >= 11 is 0. The van der Waals surface area contributed by atoms with E-state index in [0.29, 0.717) is 16.3 Å². The van der Waals surface area contributed by atoms with Crippen molar-refractivity contribution in [3.05, 3.63) is 29.8 Å². The first-order chi connectivity index (χ1) is 11.6. The second-order valence-electron chi connectivity index (χ2n) is 6.55. The Balaban J connectivity index is 1.87. The van der Waals surface area contributed by atoms with Gasteiger partial charge in [0.15, 0.2) is 0 Å². The van der Waals surface area contributed by atoms with E-state index in [4.69, 9.17) is 9.57 Å². The fourth-order valence-corrected chi connectivity index (χ4v) is 2.09. The molecular formula is C17H20N2O6. The molecule has 25 heavy (non-hydrogen) atoms. The van der Waals surface area contributed by atoms with Crippen molar-refractivity contribution in [1.29, 1.82) is 0 Å². The molecule has 1 heterocycles. The minimum Gasteiger partial charge on any atom is -0.444 e. The van der Waals surface area contributed by atoms with E-state index in [0.717, 1.165) is 0 Å². The molecule has 8 nitrogen and oxygen atoms in total. The molecule has 0 radical (unpaired) electrons. The first-order valence-corrected chi connectivity index (χ1v) is 7.79. The van der Waals surface area contributed by atoms with Crippen LogP contribution in [0.1, 0.15) is 39.2 Å². The van der Waals surface area contributed by atoms with Crippen molar-refractivity contribution < 1.29 is 28.8 Å². The quantitative estimate of drug-likeness (QED) is 0.837. The van der Waals surface area contributed by atoms with Gasteiger partial charge in [0.05, 0.1) is 6.42 Å². The normalized spacial score (nSPS) is 14.4. The molecule has 2 rings (SSSR count). The molecule has 134 valence electrons. The first-order valence-electron chi connectivity index (χ1n) is 7.79. The third-order valence-corrected chi connectivity index (χ3v) is 3.15. The third-order valence-electron chi connectivity index (χ3n) is 3.15. The largest absolute Gasteiger partial charge is 0.444 e. The van der Waals surface area contributed by atoms with Gasteiger partial charge in [-0.05, 0) is 38.5 Å². The van der Waals surface area contributed by atoms with E-state index in [1.54, 1.807) is 45.0 Å². The van der Waals surface area contributed by atoms with Gasteiger partial charge in [-0.2, -0.15) is 0 Å². The monoisotopic (exact) mass is 348 g/mol. The Morgan fingerprint density at radius 2 is 1.64 bits per heavy atom. The maximum Gasteiger partial charge on any atom is 0.412 e. The SMILES string of the molecule is CC(C)(C)OC(=O)Nc1ccc(CC(=O)ON2C(=O)CCC2=O)cc1. The number of nitrogens with zero attached hydrogens (tertiary/aromatic N) is 1. The topological polar surface area (TPSA) is 102 Å². The van der Waals surface area contributed by atoms with Crippen molar-refractivity contribution in [3.63, 3.8) is 0 Å². The van der Waals surface area contributed by atoms with E-state index >= 15 is 0 Å². The average molecular weight is 348 g/mol. The number of imide groups is 1. The molecule has 0 aliphatic carbocycles. The Labute approximate surface area is 145 Å². The van der Waals surface area contributed by atoms with Gasteiger partial charge >= 0.3 is 12.1 Å². The maximum absolute atomic E-state index is 11.8. The summed E-state index contributed by atoms with van der Waals surface area (Å²) in [6.07, 6.45) is -0.580. The van der Waals surface area contributed by atoms with Gasteiger partial charge in [-0.1, -0.05) is 12.1 Å². The maximum atomic E-state index is 11.8. The molecule has 1 aliphatic heterocycles. The molecule has 1 aliphatic rings. The highest BCUT2D eigenvalue weighted by Gasteiger charge is 2.32. The van der Waals surface area contributed by atoms with Crippen LogP contribution in [-0.2, 0) is 30.4 Å². The zero-order chi connectivity index (χ0) is 18.6. The summed E-state index contributed by atoms with van der Waals surface area (Å²) in [6.45, 7) is 5.28. The Morgan fingerprint density at radius 1 is 1.08 bits per heavy atom. The van der Waals surface area contributed by atoms with Gasteiger partial charge in [-0.15, -0.1) is 5.06 Å². The number of hydrogen-bond donors (Lipinski definition) is 1. The van der Waals surface area contributed by atoms with Crippen LogP contribution in [0.15, 0.2) is 24.3 Å². The van der Waals surface area contributed by atoms with Crippen LogP contribution in [-0.4, -0.2) is 34.5 Å². The number of benzene rings is 1. The Kier molecular flexibility index (Phi) is 5.41. The summed E-state index contributed by atoms with van der Waals surface area (Å²) in [4.78, 5) is 51.1. The molecule has 3 amide bonds. The number of anilines is 1. The van der Waals surface area contributed by atoms with E-state index in [1.165, 1.54) is 0 Å². The molecule has 1 N–H and O–H groups in total. The van der Waals surface area contributed by atoms with Gasteiger partial charge in [-0.25, -0.2) is 9.59 Å². The zero-order valence-corrected chi connectivity index (χ0v) is 14.3. The smallest absolute Gasteiger partial charge is 0.412 e. The van der Waals surface area contributed by atoms with Crippen LogP contribution in [0.5, 0.6) is 0 Å². The molecule has 8 heteroatoms. The lowest BCUT2D eigenvalue weighted by Gasteiger charge is -2.19. The second-order valence-corrected chi connectivity index (χ2v) is 6.55. The van der Waals surface area contributed by atoms with Gasteiger partial charge < -0.3 is 9.57 Å². The Morgan fingerprint density at radius 3 is 2.16 bits per heavy atom. The second kappa shape index (κ2) is 7.33. The summed E-state index contributed by atoms with van der Waals surface area (Å²) in [5.74, 6) is -1.75. The van der Waals surface area contributed by atoms with E-state index in [1.807, 2.05) is 0 Å². The minimum atomic E-state index is -0.712. The lowest BCUT2D eigenvalue weighted by Crippen LogP contribution is -2.32. The fraction of sp³-hybridized carbons (Fsp3) is 0.412. The summed E-state index contributed by atoms with van der Waals surface area (Å²) < 4.78 is 5.14. The minimum absolute atomic E-state index is 0.0527. The molecule has 0 bridgehead atoms. The number of carbonyl (C=O) groups is 4. The Bertz CT molecular complexity index is 674. The number of carbonyl (C=O) groups excluding carboxylic acids is 4. The van der Waals surface area contributed by atoms with Crippen LogP contribution < -0.4 is 5.32 Å². The summed E-state index contributed by atoms with van der Waals surface area (Å²) in [5.41, 5.74) is 0.521. The van der Waals surface area contributed by atoms with Crippen molar-refractivity contribution in [2.75, 3.05) is 5.32 Å². The standard InChI is InChI=1S/C17H20N2O6/c1-17(2,3)24-16(23)18-12-6-4-11(5-7-12)10-15(22)25-19-13(20)8-9-14(19)21/h4-7H,8-10H2,1-3H3,(H,18,23). The molecule has 0 unspecified atom stereocenters. The van der Waals surface area contributed by atoms with Gasteiger partial charge in [-0.3, -0.25) is 14.9 Å². The molecule has 0 atom stereocenters. The third kappa shape index (κ3) is 5.59. The predicted molar refractivity (Wildman–Crippen MR) is 87.2 cm³/mol. The van der Waals surface area contributed by atoms with Crippen molar-refractivity contribution in [3.8, 4) is 0 Å². The molecule has 1 aromatic carbocycles. The van der Waals surface area contributed by atoms with Crippen LogP contribution in [0, 0.1) is 0 Å². The van der Waals surface area contributed by atoms with E-state index in [2.05, 4.69) is 5.32 Å². The lowest BCUT2D eigenvalue weighted by atomic mass is 10.1. The van der Waals surface area contributed by atoms with Gasteiger partial charge in [0.25, 0.3) is 11.8 Å². The number of hydrogen-bond acceptors (Lipinski definition) is 6. The van der Waals surface area contributed by atoms with Gasteiger partial charge in [0, 0.05) is 18.5 Å². The molecule has 0 aromatic heterocycles. The van der Waals surface area contributed by atoms with Crippen molar-refractivity contribution in [1.82, 2.24) is 5.06 Å². The van der Waals surface area contributed by atoms with Crippen molar-refractivity contribution in [2.24, 2.45) is 0 Å². The predicted octanol–water partition coefficient (Wildman–Crippen LogP) is 2.18. The molecule has 0 spiro atoms. The van der Waals surface area contributed by atoms with Crippen LogP contribution in [0.2, 0.25) is 0 Å². The number of rotatable bonds is 4. The van der Waals surface area contributed by atoms with Gasteiger partial charge in [0.1, 0.15) is 5.60 Å². The average Bonchev–Trinajstić information content (AvgIpc) is 2.79. The van der Waals surface area contributed by atoms with E-state index in [-0.39, 0.29) is 19.3 Å². The molecule has 1 aromatic rings. The summed E-state index contributed by atoms with van der Waals surface area (Å²) in [5, 5.41) is 3.09. The summed E-state index contributed by atoms with van der Waals surface area (Å²) in [6, 6.07) is 6.47. The highest BCUT2D eigenvalue weighted by molar-refractivity contribution is 6.01. The van der Waals surface area contributed by atoms with E-state index in [9.17, 15) is 19.2 Å². The van der Waals surface area contributed by atoms with Crippen LogP contribution in [0.25, 0.3) is 0 Å². The lowest BCUT2D eigenvalue weighted by molar-refractivity contribution is -0.197. The van der Waals surface area contributed by atoms with Crippen LogP contribution in [0.4, 0.5) is 10.5 Å². The highest BCUT2D eigenvalue weighted by Crippen LogP contribution is 2.15. The highest BCUT2D eigenvalue weighted by atomic mass is 16.7. The van der Waals surface area contributed by atoms with Crippen molar-refractivity contribution >= 4 is 29.6 Å². The zero-order valence-electron chi connectivity index (χ0n) is 14.3. The molecule has 0 saturated carbocycles. The molecular weight excluding hydrogens is 328 g/mol. The number of hydroxylamine groups is 2. The molecule has 1 fully saturated rings.